The minimum Gasteiger partial charge on any atom is -0.0996 e. The summed E-state index contributed by atoms with van der Waals surface area (Å²) in [6.07, 6.45) is 23.6. The lowest BCUT2D eigenvalue weighted by atomic mass is 9.47. The third kappa shape index (κ3) is 3.82. The van der Waals surface area contributed by atoms with Crippen LogP contribution < -0.4 is 0 Å². The molecule has 0 heteroatoms. The predicted octanol–water partition coefficient (Wildman–Crippen LogP) is 8.65. The SMILES string of the molecule is C=C1CC/C(=C/C=C2\CCCC34CC(CCCC(C)C)C3CCC24)CC1CC. The van der Waals surface area contributed by atoms with Crippen molar-refractivity contribution in [1.29, 1.82) is 0 Å². The first-order valence-electron chi connectivity index (χ1n) is 12.6. The maximum absolute atomic E-state index is 4.31. The van der Waals surface area contributed by atoms with Crippen LogP contribution >= 0.6 is 0 Å². The Morgan fingerprint density at radius 2 is 2.00 bits per heavy atom. The van der Waals surface area contributed by atoms with Gasteiger partial charge in [-0.05, 0) is 99.2 Å². The topological polar surface area (TPSA) is 0 Å². The molecule has 0 aromatic carbocycles. The van der Waals surface area contributed by atoms with E-state index < -0.39 is 0 Å². The largest absolute Gasteiger partial charge is 0.0996 e. The molecule has 0 amide bonds. The second-order valence-electron chi connectivity index (χ2n) is 11.1. The van der Waals surface area contributed by atoms with E-state index in [4.69, 9.17) is 0 Å². The summed E-state index contributed by atoms with van der Waals surface area (Å²) in [4.78, 5) is 0. The molecule has 0 heterocycles. The minimum absolute atomic E-state index is 0.734. The summed E-state index contributed by atoms with van der Waals surface area (Å²) in [7, 11) is 0. The Morgan fingerprint density at radius 3 is 2.79 bits per heavy atom. The summed E-state index contributed by atoms with van der Waals surface area (Å²) in [6.45, 7) is 11.4. The molecule has 0 saturated heterocycles. The highest BCUT2D eigenvalue weighted by molar-refractivity contribution is 5.29. The van der Waals surface area contributed by atoms with E-state index in [1.54, 1.807) is 12.0 Å². The van der Waals surface area contributed by atoms with Gasteiger partial charge in [-0.15, -0.1) is 0 Å². The summed E-state index contributed by atoms with van der Waals surface area (Å²) >= 11 is 0. The molecule has 28 heavy (non-hydrogen) atoms. The zero-order chi connectivity index (χ0) is 19.7. The van der Waals surface area contributed by atoms with Crippen LogP contribution in [0.15, 0.2) is 35.5 Å². The first-order chi connectivity index (χ1) is 13.5. The quantitative estimate of drug-likeness (QED) is 0.404. The Kier molecular flexibility index (Phi) is 6.24. The van der Waals surface area contributed by atoms with Crippen molar-refractivity contribution in [1.82, 2.24) is 0 Å². The monoisotopic (exact) mass is 380 g/mol. The van der Waals surface area contributed by atoms with Crippen molar-refractivity contribution in [2.24, 2.45) is 35.0 Å². The molecule has 0 aromatic rings. The number of hydrogen-bond donors (Lipinski definition) is 0. The Labute approximate surface area is 175 Å². The maximum Gasteiger partial charge on any atom is -0.0140 e. The zero-order valence-electron chi connectivity index (χ0n) is 18.9. The van der Waals surface area contributed by atoms with E-state index in [9.17, 15) is 0 Å². The van der Waals surface area contributed by atoms with Crippen molar-refractivity contribution in [2.45, 2.75) is 104 Å². The normalized spacial score (nSPS) is 40.6. The molecular formula is C28H44. The summed E-state index contributed by atoms with van der Waals surface area (Å²) in [5, 5.41) is 0. The lowest BCUT2D eigenvalue weighted by Gasteiger charge is -2.57. The summed E-state index contributed by atoms with van der Waals surface area (Å²) < 4.78 is 0. The smallest absolute Gasteiger partial charge is 0.0140 e. The van der Waals surface area contributed by atoms with Gasteiger partial charge in [0, 0.05) is 0 Å². The van der Waals surface area contributed by atoms with E-state index in [2.05, 4.69) is 39.5 Å². The molecule has 0 N–H and O–H groups in total. The van der Waals surface area contributed by atoms with Gasteiger partial charge < -0.3 is 0 Å². The highest BCUT2D eigenvalue weighted by Gasteiger charge is 2.61. The van der Waals surface area contributed by atoms with E-state index in [1.165, 1.54) is 82.6 Å². The van der Waals surface area contributed by atoms with Crippen molar-refractivity contribution in [3.05, 3.63) is 35.5 Å². The first-order valence-corrected chi connectivity index (χ1v) is 12.6. The molecule has 4 aliphatic carbocycles. The lowest BCUT2D eigenvalue weighted by Crippen LogP contribution is -2.49. The van der Waals surface area contributed by atoms with E-state index in [1.807, 2.05) is 5.57 Å². The summed E-state index contributed by atoms with van der Waals surface area (Å²) in [5.41, 5.74) is 5.76. The van der Waals surface area contributed by atoms with E-state index >= 15 is 0 Å². The van der Waals surface area contributed by atoms with Crippen LogP contribution in [-0.4, -0.2) is 0 Å². The Balaban J connectivity index is 1.40. The molecule has 1 spiro atoms. The number of allylic oxidation sites excluding steroid dienone is 5. The standard InChI is InChI=1S/C28H44/c1-5-23-18-22(12-11-21(23)4)13-14-24-10-7-17-28-19-25(9-6-8-20(2)3)27(28)16-15-26(24)28/h13-14,20,23,25-27H,4-12,15-19H2,1-3H3/b22-13-,24-14+. The maximum atomic E-state index is 4.31. The van der Waals surface area contributed by atoms with E-state index in [0.717, 1.165) is 35.0 Å². The van der Waals surface area contributed by atoms with Crippen molar-refractivity contribution in [3.8, 4) is 0 Å². The van der Waals surface area contributed by atoms with Gasteiger partial charge in [0.1, 0.15) is 0 Å². The average Bonchev–Trinajstić information content (AvgIpc) is 2.97. The van der Waals surface area contributed by atoms with Crippen LogP contribution in [0.25, 0.3) is 0 Å². The number of rotatable bonds is 6. The lowest BCUT2D eigenvalue weighted by molar-refractivity contribution is -0.0615. The molecule has 4 rings (SSSR count). The summed E-state index contributed by atoms with van der Waals surface area (Å²) in [6, 6.07) is 0. The molecule has 0 aromatic heterocycles. The van der Waals surface area contributed by atoms with Gasteiger partial charge in [0.25, 0.3) is 0 Å². The molecular weight excluding hydrogens is 336 g/mol. The van der Waals surface area contributed by atoms with Gasteiger partial charge in [0.05, 0.1) is 0 Å². The first kappa shape index (κ1) is 20.5. The van der Waals surface area contributed by atoms with E-state index in [-0.39, 0.29) is 0 Å². The zero-order valence-corrected chi connectivity index (χ0v) is 18.9. The Hall–Kier alpha value is -0.780. The fourth-order valence-corrected chi connectivity index (χ4v) is 7.65. The molecule has 0 bridgehead atoms. The van der Waals surface area contributed by atoms with Crippen LogP contribution in [-0.2, 0) is 0 Å². The van der Waals surface area contributed by atoms with Crippen LogP contribution in [0.1, 0.15) is 104 Å². The molecule has 4 saturated carbocycles. The Morgan fingerprint density at radius 1 is 1.14 bits per heavy atom. The van der Waals surface area contributed by atoms with E-state index in [0.29, 0.717) is 0 Å². The summed E-state index contributed by atoms with van der Waals surface area (Å²) in [5.74, 6) is 4.70. The highest BCUT2D eigenvalue weighted by Crippen LogP contribution is 2.70. The second kappa shape index (κ2) is 8.53. The van der Waals surface area contributed by atoms with Crippen molar-refractivity contribution >= 4 is 0 Å². The van der Waals surface area contributed by atoms with Crippen molar-refractivity contribution in [2.75, 3.05) is 0 Å². The molecule has 5 unspecified atom stereocenters. The predicted molar refractivity (Wildman–Crippen MR) is 122 cm³/mol. The van der Waals surface area contributed by atoms with Gasteiger partial charge in [-0.3, -0.25) is 0 Å². The van der Waals surface area contributed by atoms with Crippen LogP contribution in [0, 0.1) is 35.0 Å². The molecule has 4 aliphatic rings. The van der Waals surface area contributed by atoms with Crippen molar-refractivity contribution < 1.29 is 0 Å². The average molecular weight is 381 g/mol. The molecule has 4 fully saturated rings. The fourth-order valence-electron chi connectivity index (χ4n) is 7.65. The van der Waals surface area contributed by atoms with Gasteiger partial charge in [0.15, 0.2) is 0 Å². The number of hydrogen-bond acceptors (Lipinski definition) is 0. The minimum atomic E-state index is 0.734. The second-order valence-corrected chi connectivity index (χ2v) is 11.1. The van der Waals surface area contributed by atoms with Gasteiger partial charge in [0.2, 0.25) is 0 Å². The van der Waals surface area contributed by atoms with Gasteiger partial charge in [-0.2, -0.15) is 0 Å². The third-order valence-corrected chi connectivity index (χ3v) is 9.20. The van der Waals surface area contributed by atoms with Gasteiger partial charge >= 0.3 is 0 Å². The molecule has 0 nitrogen and oxygen atoms in total. The molecule has 156 valence electrons. The fraction of sp³-hybridized carbons (Fsp3) is 0.786. The highest BCUT2D eigenvalue weighted by atomic mass is 14.7. The van der Waals surface area contributed by atoms with Crippen LogP contribution in [0.5, 0.6) is 0 Å². The molecule has 5 atom stereocenters. The van der Waals surface area contributed by atoms with Crippen LogP contribution in [0.2, 0.25) is 0 Å². The van der Waals surface area contributed by atoms with Gasteiger partial charge in [-0.1, -0.05) is 75.5 Å². The third-order valence-electron chi connectivity index (χ3n) is 9.20. The van der Waals surface area contributed by atoms with Crippen molar-refractivity contribution in [3.63, 3.8) is 0 Å². The Bertz CT molecular complexity index is 632. The molecule has 0 radical (unpaired) electrons. The van der Waals surface area contributed by atoms with Crippen LogP contribution in [0.3, 0.4) is 0 Å². The van der Waals surface area contributed by atoms with Gasteiger partial charge in [-0.25, -0.2) is 0 Å². The van der Waals surface area contributed by atoms with Crippen LogP contribution in [0.4, 0.5) is 0 Å². The molecule has 0 aliphatic heterocycles.